The van der Waals surface area contributed by atoms with Crippen molar-refractivity contribution in [2.45, 2.75) is 49.7 Å². The van der Waals surface area contributed by atoms with Crippen molar-refractivity contribution in [1.82, 2.24) is 10.2 Å². The van der Waals surface area contributed by atoms with Gasteiger partial charge in [0, 0.05) is 49.5 Å². The summed E-state index contributed by atoms with van der Waals surface area (Å²) in [5.74, 6) is -1.66. The first-order chi connectivity index (χ1) is 18.4. The third-order valence-electron chi connectivity index (χ3n) is 7.31. The van der Waals surface area contributed by atoms with Crippen LogP contribution in [-0.4, -0.2) is 73.4 Å². The number of hydrogen-bond donors (Lipinski definition) is 2. The average molecular weight is 588 g/mol. The molecule has 2 saturated heterocycles. The number of anilines is 1. The van der Waals surface area contributed by atoms with Gasteiger partial charge < -0.3 is 25.0 Å². The number of carbonyl (C=O) groups is 2. The third kappa shape index (κ3) is 6.29. The molecule has 7 nitrogen and oxygen atoms in total. The van der Waals surface area contributed by atoms with Crippen LogP contribution in [0.25, 0.3) is 0 Å². The van der Waals surface area contributed by atoms with Crippen LogP contribution in [-0.2, 0) is 15.1 Å². The Morgan fingerprint density at radius 1 is 0.974 bits per heavy atom. The molecular formula is C27H30Cl2F3N3O4. The molecule has 1 atom stereocenters. The summed E-state index contributed by atoms with van der Waals surface area (Å²) in [6.45, 7) is 1.51. The zero-order valence-electron chi connectivity index (χ0n) is 21.3. The largest absolute Gasteiger partial charge is 0.430 e. The van der Waals surface area contributed by atoms with E-state index in [0.717, 1.165) is 48.7 Å². The highest BCUT2D eigenvalue weighted by molar-refractivity contribution is 6.34. The van der Waals surface area contributed by atoms with Crippen LogP contribution in [0.3, 0.4) is 0 Å². The molecule has 212 valence electrons. The van der Waals surface area contributed by atoms with Crippen LogP contribution in [0.15, 0.2) is 42.5 Å². The van der Waals surface area contributed by atoms with Crippen LogP contribution in [0.5, 0.6) is 0 Å². The zero-order chi connectivity index (χ0) is 28.4. The summed E-state index contributed by atoms with van der Waals surface area (Å²) in [4.78, 5) is 28.1. The fourth-order valence-electron chi connectivity index (χ4n) is 5.09. The summed E-state index contributed by atoms with van der Waals surface area (Å²) in [6, 6.07) is 9.96. The number of rotatable bonds is 6. The fraction of sp³-hybridized carbons (Fsp3) is 0.481. The summed E-state index contributed by atoms with van der Waals surface area (Å²) >= 11 is 12.1. The summed E-state index contributed by atoms with van der Waals surface area (Å²) in [6.07, 6.45) is -3.21. The Morgan fingerprint density at radius 3 is 2.13 bits per heavy atom. The molecule has 1 unspecified atom stereocenters. The van der Waals surface area contributed by atoms with Crippen molar-refractivity contribution >= 4 is 40.7 Å². The van der Waals surface area contributed by atoms with Crippen LogP contribution in [0, 0.1) is 0 Å². The van der Waals surface area contributed by atoms with E-state index >= 15 is 0 Å². The van der Waals surface area contributed by atoms with Crippen molar-refractivity contribution in [3.8, 4) is 0 Å². The normalized spacial score (nSPS) is 19.1. The number of halogens is 5. The molecule has 2 aromatic rings. The fourth-order valence-corrected chi connectivity index (χ4v) is 5.54. The Kier molecular flexibility index (Phi) is 9.00. The Hall–Kier alpha value is -2.53. The lowest BCUT2D eigenvalue weighted by Crippen LogP contribution is -2.57. The van der Waals surface area contributed by atoms with Crippen molar-refractivity contribution in [2.24, 2.45) is 0 Å². The van der Waals surface area contributed by atoms with Gasteiger partial charge in [0.05, 0.1) is 22.8 Å². The topological polar surface area (TPSA) is 82.1 Å². The second kappa shape index (κ2) is 11.9. The second-order valence-electron chi connectivity index (χ2n) is 9.78. The van der Waals surface area contributed by atoms with E-state index in [1.54, 1.807) is 19.2 Å². The maximum Gasteiger partial charge on any atom is 0.430 e. The van der Waals surface area contributed by atoms with Crippen LogP contribution in [0.1, 0.15) is 41.6 Å². The van der Waals surface area contributed by atoms with Crippen LogP contribution in [0.4, 0.5) is 18.9 Å². The number of aliphatic hydroxyl groups is 1. The molecule has 2 aliphatic heterocycles. The third-order valence-corrected chi connectivity index (χ3v) is 7.86. The van der Waals surface area contributed by atoms with Crippen molar-refractivity contribution in [2.75, 3.05) is 38.1 Å². The first-order valence-corrected chi connectivity index (χ1v) is 13.5. The Bertz CT molecular complexity index is 1200. The first kappa shape index (κ1) is 29.5. The minimum atomic E-state index is -5.22. The average Bonchev–Trinajstić information content (AvgIpc) is 2.92. The van der Waals surface area contributed by atoms with Gasteiger partial charge in [0.25, 0.3) is 17.4 Å². The Morgan fingerprint density at radius 2 is 1.59 bits per heavy atom. The molecule has 0 aromatic heterocycles. The lowest BCUT2D eigenvalue weighted by Gasteiger charge is -2.40. The standard InChI is InChI=1S/C27H30Cl2F3N3O4/c1-33-24(36)22-6-5-19(16-23(22)29)34-11-7-20(8-12-34)39-21-9-13-35(14-10-21)25(37)26(38,27(30,31)32)17-3-2-4-18(28)15-17/h2-6,15-16,20-21,38H,7-14H2,1H3,(H,33,36). The minimum Gasteiger partial charge on any atom is -0.375 e. The van der Waals surface area contributed by atoms with E-state index < -0.39 is 23.2 Å². The lowest BCUT2D eigenvalue weighted by molar-refractivity contribution is -0.262. The van der Waals surface area contributed by atoms with Gasteiger partial charge in [-0.2, -0.15) is 13.2 Å². The first-order valence-electron chi connectivity index (χ1n) is 12.7. The molecule has 2 fully saturated rings. The highest BCUT2D eigenvalue weighted by Gasteiger charge is 2.62. The van der Waals surface area contributed by atoms with Crippen LogP contribution < -0.4 is 10.2 Å². The molecule has 2 amide bonds. The molecule has 0 saturated carbocycles. The summed E-state index contributed by atoms with van der Waals surface area (Å²) < 4.78 is 48.1. The number of piperidine rings is 2. The number of hydrogen-bond acceptors (Lipinski definition) is 5. The van der Waals surface area contributed by atoms with Gasteiger partial charge in [0.1, 0.15) is 0 Å². The van der Waals surface area contributed by atoms with Gasteiger partial charge in [0.15, 0.2) is 0 Å². The van der Waals surface area contributed by atoms with Crippen molar-refractivity contribution < 1.29 is 32.6 Å². The van der Waals surface area contributed by atoms with Crippen LogP contribution >= 0.6 is 23.2 Å². The number of nitrogens with one attached hydrogen (secondary N) is 1. The van der Waals surface area contributed by atoms with Crippen molar-refractivity contribution in [3.05, 3.63) is 63.6 Å². The predicted molar refractivity (Wildman–Crippen MR) is 142 cm³/mol. The van der Waals surface area contributed by atoms with E-state index in [2.05, 4.69) is 10.2 Å². The van der Waals surface area contributed by atoms with Gasteiger partial charge in [0.2, 0.25) is 0 Å². The van der Waals surface area contributed by atoms with E-state index in [4.69, 9.17) is 27.9 Å². The molecular weight excluding hydrogens is 558 g/mol. The Labute approximate surface area is 234 Å². The maximum absolute atomic E-state index is 14.0. The Balaban J connectivity index is 1.31. The molecule has 0 radical (unpaired) electrons. The number of nitrogens with zero attached hydrogens (tertiary/aromatic N) is 2. The summed E-state index contributed by atoms with van der Waals surface area (Å²) in [5.41, 5.74) is -2.97. The monoisotopic (exact) mass is 587 g/mol. The van der Waals surface area contributed by atoms with E-state index in [9.17, 15) is 27.9 Å². The maximum atomic E-state index is 14.0. The smallest absolute Gasteiger partial charge is 0.375 e. The molecule has 0 spiro atoms. The SMILES string of the molecule is CNC(=O)c1ccc(N2CCC(OC3CCN(C(=O)C(O)(c4cccc(Cl)c4)C(F)(F)F)CC3)CC2)cc1Cl. The molecule has 0 bridgehead atoms. The zero-order valence-corrected chi connectivity index (χ0v) is 22.8. The van der Waals surface area contributed by atoms with E-state index in [1.165, 1.54) is 12.1 Å². The van der Waals surface area contributed by atoms with E-state index in [0.29, 0.717) is 23.4 Å². The van der Waals surface area contributed by atoms with Gasteiger partial charge in [-0.3, -0.25) is 9.59 Å². The number of alkyl halides is 3. The number of carbonyl (C=O) groups excluding carboxylic acids is 2. The van der Waals surface area contributed by atoms with Gasteiger partial charge >= 0.3 is 6.18 Å². The predicted octanol–water partition coefficient (Wildman–Crippen LogP) is 4.78. The highest BCUT2D eigenvalue weighted by atomic mass is 35.5. The summed E-state index contributed by atoms with van der Waals surface area (Å²) in [7, 11) is 1.54. The molecule has 39 heavy (non-hydrogen) atoms. The molecule has 4 rings (SSSR count). The number of benzene rings is 2. The van der Waals surface area contributed by atoms with Gasteiger partial charge in [-0.05, 0) is 56.0 Å². The lowest BCUT2D eigenvalue weighted by atomic mass is 9.90. The van der Waals surface area contributed by atoms with Crippen molar-refractivity contribution in [3.63, 3.8) is 0 Å². The van der Waals surface area contributed by atoms with E-state index in [-0.39, 0.29) is 36.2 Å². The van der Waals surface area contributed by atoms with Gasteiger partial charge in [-0.25, -0.2) is 0 Å². The molecule has 2 heterocycles. The van der Waals surface area contributed by atoms with E-state index in [1.807, 2.05) is 6.07 Å². The van der Waals surface area contributed by atoms with Gasteiger partial charge in [-0.1, -0.05) is 35.3 Å². The number of likely N-dealkylation sites (tertiary alicyclic amines) is 1. The summed E-state index contributed by atoms with van der Waals surface area (Å²) in [5, 5.41) is 13.6. The molecule has 12 heteroatoms. The van der Waals surface area contributed by atoms with Gasteiger partial charge in [-0.15, -0.1) is 0 Å². The highest BCUT2D eigenvalue weighted by Crippen LogP contribution is 2.41. The minimum absolute atomic E-state index is 0.00913. The molecule has 2 N–H and O–H groups in total. The van der Waals surface area contributed by atoms with Crippen molar-refractivity contribution in [1.29, 1.82) is 0 Å². The molecule has 2 aliphatic rings. The second-order valence-corrected chi connectivity index (χ2v) is 10.6. The quantitative estimate of drug-likeness (QED) is 0.508. The molecule has 2 aromatic carbocycles. The van der Waals surface area contributed by atoms with Crippen LogP contribution in [0.2, 0.25) is 10.0 Å². The number of amides is 2. The number of ether oxygens (including phenoxy) is 1. The molecule has 0 aliphatic carbocycles.